The molecule has 1 aromatic carbocycles. The Labute approximate surface area is 164 Å². The minimum atomic E-state index is -0.498. The van der Waals surface area contributed by atoms with Crippen molar-refractivity contribution in [1.82, 2.24) is 4.98 Å². The van der Waals surface area contributed by atoms with Crippen LogP contribution in [-0.4, -0.2) is 30.6 Å². The summed E-state index contributed by atoms with van der Waals surface area (Å²) in [5.41, 5.74) is 2.66. The predicted octanol–water partition coefficient (Wildman–Crippen LogP) is 4.05. The molecule has 3 rings (SSSR count). The molecular formula is C22H25NO5. The van der Waals surface area contributed by atoms with E-state index in [1.165, 1.54) is 7.11 Å². The second-order valence-electron chi connectivity index (χ2n) is 6.91. The Balaban J connectivity index is 2.06. The SMILES string of the molecule is CCCCc1ccc(C(CC(C)=O)c2ccc3c(c2)OCO3)c(C(=O)OC)n1. The number of pyridine rings is 1. The zero-order valence-electron chi connectivity index (χ0n) is 16.5. The van der Waals surface area contributed by atoms with Crippen molar-refractivity contribution in [2.75, 3.05) is 13.9 Å². The maximum absolute atomic E-state index is 12.5. The van der Waals surface area contributed by atoms with Crippen LogP contribution in [0.25, 0.3) is 0 Å². The third-order valence-electron chi connectivity index (χ3n) is 4.82. The molecule has 1 atom stereocenters. The van der Waals surface area contributed by atoms with Gasteiger partial charge in [-0.25, -0.2) is 9.78 Å². The molecule has 0 fully saturated rings. The Kier molecular flexibility index (Phi) is 6.29. The molecule has 0 amide bonds. The van der Waals surface area contributed by atoms with Crippen LogP contribution in [0.4, 0.5) is 0 Å². The number of carbonyl (C=O) groups excluding carboxylic acids is 2. The van der Waals surface area contributed by atoms with Gasteiger partial charge in [-0.3, -0.25) is 4.79 Å². The Hall–Kier alpha value is -2.89. The number of ketones is 1. The standard InChI is InChI=1S/C22H25NO5/c1-4-5-6-16-8-9-17(21(23-16)22(25)26-3)18(11-14(2)24)15-7-10-19-20(12-15)28-13-27-19/h7-10,12,18H,4-6,11,13H2,1-3H3. The van der Waals surface area contributed by atoms with Crippen molar-refractivity contribution in [1.29, 1.82) is 0 Å². The molecule has 0 bridgehead atoms. The van der Waals surface area contributed by atoms with Gasteiger partial charge in [0.25, 0.3) is 0 Å². The van der Waals surface area contributed by atoms with Crippen molar-refractivity contribution in [3.63, 3.8) is 0 Å². The monoisotopic (exact) mass is 383 g/mol. The summed E-state index contributed by atoms with van der Waals surface area (Å²) in [5.74, 6) is 0.509. The molecule has 6 heteroatoms. The third kappa shape index (κ3) is 4.32. The topological polar surface area (TPSA) is 74.7 Å². The fraction of sp³-hybridized carbons (Fsp3) is 0.409. The Morgan fingerprint density at radius 2 is 1.96 bits per heavy atom. The lowest BCUT2D eigenvalue weighted by Gasteiger charge is -2.20. The highest BCUT2D eigenvalue weighted by Crippen LogP contribution is 2.38. The number of hydrogen-bond donors (Lipinski definition) is 0. The molecule has 1 aromatic heterocycles. The highest BCUT2D eigenvalue weighted by molar-refractivity contribution is 5.90. The minimum Gasteiger partial charge on any atom is -0.464 e. The quantitative estimate of drug-likeness (QED) is 0.640. The number of hydrogen-bond acceptors (Lipinski definition) is 6. The van der Waals surface area contributed by atoms with E-state index in [1.807, 2.05) is 30.3 Å². The van der Waals surface area contributed by atoms with Gasteiger partial charge in [-0.2, -0.15) is 0 Å². The van der Waals surface area contributed by atoms with E-state index in [1.54, 1.807) is 6.92 Å². The summed E-state index contributed by atoms with van der Waals surface area (Å²) in [5, 5.41) is 0. The number of aryl methyl sites for hydroxylation is 1. The number of ether oxygens (including phenoxy) is 3. The van der Waals surface area contributed by atoms with Crippen LogP contribution >= 0.6 is 0 Å². The molecule has 2 heterocycles. The molecule has 1 aliphatic heterocycles. The van der Waals surface area contributed by atoms with Gasteiger partial charge in [0, 0.05) is 18.0 Å². The van der Waals surface area contributed by atoms with Gasteiger partial charge < -0.3 is 14.2 Å². The lowest BCUT2D eigenvalue weighted by molar-refractivity contribution is -0.117. The summed E-state index contributed by atoms with van der Waals surface area (Å²) >= 11 is 0. The molecular weight excluding hydrogens is 358 g/mol. The highest BCUT2D eigenvalue weighted by atomic mass is 16.7. The number of aromatic nitrogens is 1. The predicted molar refractivity (Wildman–Crippen MR) is 104 cm³/mol. The summed E-state index contributed by atoms with van der Waals surface area (Å²) in [7, 11) is 1.34. The van der Waals surface area contributed by atoms with E-state index < -0.39 is 5.97 Å². The Morgan fingerprint density at radius 3 is 2.68 bits per heavy atom. The van der Waals surface area contributed by atoms with Gasteiger partial charge in [-0.1, -0.05) is 25.5 Å². The number of rotatable bonds is 8. The van der Waals surface area contributed by atoms with Gasteiger partial charge in [0.1, 0.15) is 5.78 Å². The second kappa shape index (κ2) is 8.87. The van der Waals surface area contributed by atoms with Crippen LogP contribution < -0.4 is 9.47 Å². The van der Waals surface area contributed by atoms with Crippen molar-refractivity contribution in [2.24, 2.45) is 0 Å². The van der Waals surface area contributed by atoms with Gasteiger partial charge in [0.2, 0.25) is 6.79 Å². The zero-order chi connectivity index (χ0) is 20.1. The molecule has 28 heavy (non-hydrogen) atoms. The molecule has 1 unspecified atom stereocenters. The van der Waals surface area contributed by atoms with Crippen LogP contribution in [0.5, 0.6) is 11.5 Å². The summed E-state index contributed by atoms with van der Waals surface area (Å²) in [6, 6.07) is 9.40. The van der Waals surface area contributed by atoms with Crippen molar-refractivity contribution in [3.8, 4) is 11.5 Å². The number of fused-ring (bicyclic) bond motifs is 1. The number of Topliss-reactive ketones (excluding diaryl/α,β-unsaturated/α-hetero) is 1. The van der Waals surface area contributed by atoms with E-state index in [0.29, 0.717) is 17.1 Å². The maximum Gasteiger partial charge on any atom is 0.356 e. The normalized spacial score (nSPS) is 13.2. The first-order valence-electron chi connectivity index (χ1n) is 9.50. The van der Waals surface area contributed by atoms with Crippen molar-refractivity contribution >= 4 is 11.8 Å². The Morgan fingerprint density at radius 1 is 1.18 bits per heavy atom. The van der Waals surface area contributed by atoms with Gasteiger partial charge in [-0.15, -0.1) is 0 Å². The molecule has 0 saturated heterocycles. The molecule has 148 valence electrons. The third-order valence-corrected chi connectivity index (χ3v) is 4.82. The highest BCUT2D eigenvalue weighted by Gasteiger charge is 2.26. The van der Waals surface area contributed by atoms with E-state index in [2.05, 4.69) is 11.9 Å². The van der Waals surface area contributed by atoms with Crippen molar-refractivity contribution < 1.29 is 23.8 Å². The van der Waals surface area contributed by atoms with Crippen molar-refractivity contribution in [3.05, 3.63) is 52.8 Å². The fourth-order valence-corrected chi connectivity index (χ4v) is 3.37. The molecule has 0 spiro atoms. The summed E-state index contributed by atoms with van der Waals surface area (Å²) in [6.45, 7) is 3.83. The van der Waals surface area contributed by atoms with Crippen LogP contribution in [0.1, 0.15) is 66.3 Å². The summed E-state index contributed by atoms with van der Waals surface area (Å²) in [6.07, 6.45) is 3.08. The smallest absolute Gasteiger partial charge is 0.356 e. The van der Waals surface area contributed by atoms with Crippen LogP contribution in [-0.2, 0) is 16.0 Å². The lowest BCUT2D eigenvalue weighted by Crippen LogP contribution is -2.16. The van der Waals surface area contributed by atoms with Crippen LogP contribution in [0.3, 0.4) is 0 Å². The fourth-order valence-electron chi connectivity index (χ4n) is 3.37. The van der Waals surface area contributed by atoms with Crippen molar-refractivity contribution in [2.45, 2.75) is 45.4 Å². The number of carbonyl (C=O) groups is 2. The molecule has 0 saturated carbocycles. The number of benzene rings is 1. The first-order chi connectivity index (χ1) is 13.5. The first-order valence-corrected chi connectivity index (χ1v) is 9.50. The van der Waals surface area contributed by atoms with Gasteiger partial charge in [0.05, 0.1) is 7.11 Å². The average molecular weight is 383 g/mol. The summed E-state index contributed by atoms with van der Waals surface area (Å²) < 4.78 is 15.8. The number of unbranched alkanes of at least 4 members (excludes halogenated alkanes) is 1. The number of esters is 1. The molecule has 0 aliphatic carbocycles. The molecule has 0 radical (unpaired) electrons. The average Bonchev–Trinajstić information content (AvgIpc) is 3.17. The van der Waals surface area contributed by atoms with Crippen LogP contribution in [0, 0.1) is 0 Å². The van der Waals surface area contributed by atoms with Gasteiger partial charge in [0.15, 0.2) is 17.2 Å². The number of methoxy groups -OCH3 is 1. The zero-order valence-corrected chi connectivity index (χ0v) is 16.5. The van der Waals surface area contributed by atoms with E-state index in [-0.39, 0.29) is 30.6 Å². The van der Waals surface area contributed by atoms with E-state index in [4.69, 9.17) is 14.2 Å². The van der Waals surface area contributed by atoms with Gasteiger partial charge in [-0.05, 0) is 49.1 Å². The Bertz CT molecular complexity index is 877. The van der Waals surface area contributed by atoms with Gasteiger partial charge >= 0.3 is 5.97 Å². The molecule has 2 aromatic rings. The second-order valence-corrected chi connectivity index (χ2v) is 6.91. The van der Waals surface area contributed by atoms with Crippen LogP contribution in [0.2, 0.25) is 0 Å². The minimum absolute atomic E-state index is 0.0218. The molecule has 6 nitrogen and oxygen atoms in total. The molecule has 1 aliphatic rings. The summed E-state index contributed by atoms with van der Waals surface area (Å²) in [4.78, 5) is 29.0. The molecule has 0 N–H and O–H groups in total. The largest absolute Gasteiger partial charge is 0.464 e. The first kappa shape index (κ1) is 19.9. The van der Waals surface area contributed by atoms with E-state index in [9.17, 15) is 9.59 Å². The van der Waals surface area contributed by atoms with Crippen LogP contribution in [0.15, 0.2) is 30.3 Å². The maximum atomic E-state index is 12.5. The van der Waals surface area contributed by atoms with E-state index >= 15 is 0 Å². The van der Waals surface area contributed by atoms with E-state index in [0.717, 1.165) is 30.5 Å². The number of nitrogens with zero attached hydrogens (tertiary/aromatic N) is 1. The lowest BCUT2D eigenvalue weighted by atomic mass is 9.85.